The van der Waals surface area contributed by atoms with Crippen molar-refractivity contribution in [3.63, 3.8) is 0 Å². The fourth-order valence-corrected chi connectivity index (χ4v) is 1.85. The normalized spacial score (nSPS) is 39.5. The zero-order chi connectivity index (χ0) is 9.19. The third kappa shape index (κ3) is 2.17. The lowest BCUT2D eigenvalue weighted by Gasteiger charge is -2.29. The molecule has 0 aromatic carbocycles. The maximum Gasteiger partial charge on any atom is 0.124 e. The quantitative estimate of drug-likeness (QED) is 0.638. The predicted octanol–water partition coefficient (Wildman–Crippen LogP) is 1.03. The molecular formula is C9H19FN2. The number of likely N-dealkylation sites (N-methyl/N-ethyl adjacent to an activating group) is 2. The SMILES string of the molecule is CN[C@@H]1CN(C)CCC[C@]1(C)F. The highest BCUT2D eigenvalue weighted by Crippen LogP contribution is 2.25. The maximum atomic E-state index is 13.9. The molecule has 1 rings (SSSR count). The lowest BCUT2D eigenvalue weighted by molar-refractivity contribution is 0.119. The van der Waals surface area contributed by atoms with Crippen molar-refractivity contribution in [1.82, 2.24) is 10.2 Å². The van der Waals surface area contributed by atoms with Gasteiger partial charge < -0.3 is 10.2 Å². The van der Waals surface area contributed by atoms with Crippen LogP contribution in [0.5, 0.6) is 0 Å². The van der Waals surface area contributed by atoms with Crippen molar-refractivity contribution < 1.29 is 4.39 Å². The van der Waals surface area contributed by atoms with Crippen LogP contribution in [0.4, 0.5) is 4.39 Å². The molecule has 1 aliphatic heterocycles. The third-order valence-electron chi connectivity index (χ3n) is 2.77. The molecule has 0 aromatic rings. The van der Waals surface area contributed by atoms with Crippen LogP contribution in [0.1, 0.15) is 19.8 Å². The van der Waals surface area contributed by atoms with E-state index in [1.54, 1.807) is 6.92 Å². The summed E-state index contributed by atoms with van der Waals surface area (Å²) in [5.41, 5.74) is -1.04. The van der Waals surface area contributed by atoms with E-state index in [1.165, 1.54) is 0 Å². The predicted molar refractivity (Wildman–Crippen MR) is 49.1 cm³/mol. The van der Waals surface area contributed by atoms with E-state index >= 15 is 0 Å². The molecule has 0 saturated carbocycles. The summed E-state index contributed by atoms with van der Waals surface area (Å²) in [7, 11) is 3.88. The Morgan fingerprint density at radius 2 is 2.25 bits per heavy atom. The van der Waals surface area contributed by atoms with Gasteiger partial charge in [-0.1, -0.05) is 0 Å². The van der Waals surface area contributed by atoms with E-state index in [0.717, 1.165) is 19.5 Å². The summed E-state index contributed by atoms with van der Waals surface area (Å²) < 4.78 is 13.9. The molecule has 0 spiro atoms. The fourth-order valence-electron chi connectivity index (χ4n) is 1.85. The van der Waals surface area contributed by atoms with Gasteiger partial charge in [0.15, 0.2) is 0 Å². The van der Waals surface area contributed by atoms with Crippen LogP contribution >= 0.6 is 0 Å². The van der Waals surface area contributed by atoms with Crippen molar-refractivity contribution >= 4 is 0 Å². The molecule has 0 radical (unpaired) electrons. The summed E-state index contributed by atoms with van der Waals surface area (Å²) in [6.45, 7) is 3.52. The van der Waals surface area contributed by atoms with E-state index < -0.39 is 5.67 Å². The smallest absolute Gasteiger partial charge is 0.124 e. The molecule has 0 bridgehead atoms. The minimum Gasteiger partial charge on any atom is -0.313 e. The van der Waals surface area contributed by atoms with Gasteiger partial charge in [-0.2, -0.15) is 0 Å². The number of likely N-dealkylation sites (tertiary alicyclic amines) is 1. The zero-order valence-electron chi connectivity index (χ0n) is 8.23. The Balaban J connectivity index is 2.63. The summed E-state index contributed by atoms with van der Waals surface area (Å²) in [6.07, 6.45) is 1.63. The minimum atomic E-state index is -1.04. The van der Waals surface area contributed by atoms with E-state index in [-0.39, 0.29) is 6.04 Å². The number of hydrogen-bond acceptors (Lipinski definition) is 2. The van der Waals surface area contributed by atoms with Gasteiger partial charge in [0, 0.05) is 6.54 Å². The van der Waals surface area contributed by atoms with Gasteiger partial charge in [0.05, 0.1) is 6.04 Å². The van der Waals surface area contributed by atoms with Crippen LogP contribution in [0.25, 0.3) is 0 Å². The second kappa shape index (κ2) is 3.71. The Bertz CT molecular complexity index is 147. The Morgan fingerprint density at radius 1 is 1.58 bits per heavy atom. The van der Waals surface area contributed by atoms with Crippen LogP contribution in [0.15, 0.2) is 0 Å². The van der Waals surface area contributed by atoms with Crippen molar-refractivity contribution in [2.75, 3.05) is 27.2 Å². The number of nitrogens with one attached hydrogen (secondary N) is 1. The lowest BCUT2D eigenvalue weighted by Crippen LogP contribution is -2.48. The van der Waals surface area contributed by atoms with Gasteiger partial charge >= 0.3 is 0 Å². The molecule has 72 valence electrons. The van der Waals surface area contributed by atoms with Gasteiger partial charge in [-0.3, -0.25) is 0 Å². The van der Waals surface area contributed by atoms with E-state index in [1.807, 2.05) is 14.1 Å². The molecule has 0 unspecified atom stereocenters. The van der Waals surface area contributed by atoms with Gasteiger partial charge in [0.1, 0.15) is 5.67 Å². The van der Waals surface area contributed by atoms with Gasteiger partial charge in [0.25, 0.3) is 0 Å². The van der Waals surface area contributed by atoms with Crippen LogP contribution in [-0.4, -0.2) is 43.8 Å². The molecule has 1 N–H and O–H groups in total. The Kier molecular flexibility index (Phi) is 3.07. The van der Waals surface area contributed by atoms with Crippen LogP contribution in [0, 0.1) is 0 Å². The highest BCUT2D eigenvalue weighted by Gasteiger charge is 2.35. The molecule has 2 atom stereocenters. The number of alkyl halides is 1. The molecular weight excluding hydrogens is 155 g/mol. The average molecular weight is 174 g/mol. The first-order valence-electron chi connectivity index (χ1n) is 4.61. The van der Waals surface area contributed by atoms with Crippen molar-refractivity contribution in [2.24, 2.45) is 0 Å². The van der Waals surface area contributed by atoms with E-state index in [4.69, 9.17) is 0 Å². The van der Waals surface area contributed by atoms with Crippen molar-refractivity contribution in [3.8, 4) is 0 Å². The van der Waals surface area contributed by atoms with E-state index in [0.29, 0.717) is 6.42 Å². The zero-order valence-corrected chi connectivity index (χ0v) is 8.23. The molecule has 0 aliphatic carbocycles. The summed E-state index contributed by atoms with van der Waals surface area (Å²) >= 11 is 0. The summed E-state index contributed by atoms with van der Waals surface area (Å²) in [4.78, 5) is 2.19. The second-order valence-corrected chi connectivity index (χ2v) is 3.99. The fraction of sp³-hybridized carbons (Fsp3) is 1.00. The molecule has 0 amide bonds. The molecule has 1 fully saturated rings. The van der Waals surface area contributed by atoms with Crippen molar-refractivity contribution in [3.05, 3.63) is 0 Å². The molecule has 1 aliphatic rings. The van der Waals surface area contributed by atoms with Crippen LogP contribution in [0.3, 0.4) is 0 Å². The first kappa shape index (κ1) is 9.93. The average Bonchev–Trinajstić information content (AvgIpc) is 2.10. The Hall–Kier alpha value is -0.150. The van der Waals surface area contributed by atoms with Crippen LogP contribution < -0.4 is 5.32 Å². The first-order chi connectivity index (χ1) is 5.56. The molecule has 1 saturated heterocycles. The van der Waals surface area contributed by atoms with Crippen LogP contribution in [-0.2, 0) is 0 Å². The molecule has 2 nitrogen and oxygen atoms in total. The molecule has 0 aromatic heterocycles. The first-order valence-corrected chi connectivity index (χ1v) is 4.61. The van der Waals surface area contributed by atoms with E-state index in [2.05, 4.69) is 10.2 Å². The topological polar surface area (TPSA) is 15.3 Å². The van der Waals surface area contributed by atoms with Gasteiger partial charge in [-0.15, -0.1) is 0 Å². The largest absolute Gasteiger partial charge is 0.313 e. The Morgan fingerprint density at radius 3 is 2.83 bits per heavy atom. The minimum absolute atomic E-state index is 0.0231. The van der Waals surface area contributed by atoms with Crippen molar-refractivity contribution in [1.29, 1.82) is 0 Å². The van der Waals surface area contributed by atoms with Gasteiger partial charge in [0.2, 0.25) is 0 Å². The number of nitrogens with zero attached hydrogens (tertiary/aromatic N) is 1. The standard InChI is InChI=1S/C9H19FN2/c1-9(10)5-4-6-12(3)7-8(9)11-2/h8,11H,4-7H2,1-3H3/t8-,9+/m1/s1. The lowest BCUT2D eigenvalue weighted by atomic mass is 9.94. The second-order valence-electron chi connectivity index (χ2n) is 3.99. The van der Waals surface area contributed by atoms with Gasteiger partial charge in [-0.05, 0) is 40.4 Å². The highest BCUT2D eigenvalue weighted by atomic mass is 19.1. The monoisotopic (exact) mass is 174 g/mol. The molecule has 1 heterocycles. The number of hydrogen-bond donors (Lipinski definition) is 1. The molecule has 12 heavy (non-hydrogen) atoms. The van der Waals surface area contributed by atoms with Crippen LogP contribution in [0.2, 0.25) is 0 Å². The Labute approximate surface area is 74.1 Å². The number of halogens is 1. The summed E-state index contributed by atoms with van der Waals surface area (Å²) in [5.74, 6) is 0. The van der Waals surface area contributed by atoms with Gasteiger partial charge in [-0.25, -0.2) is 4.39 Å². The number of rotatable bonds is 1. The summed E-state index contributed by atoms with van der Waals surface area (Å²) in [6, 6.07) is -0.0231. The van der Waals surface area contributed by atoms with Crippen molar-refractivity contribution in [2.45, 2.75) is 31.5 Å². The maximum absolute atomic E-state index is 13.9. The molecule has 3 heteroatoms. The highest BCUT2D eigenvalue weighted by molar-refractivity contribution is 4.91. The van der Waals surface area contributed by atoms with E-state index in [9.17, 15) is 4.39 Å². The third-order valence-corrected chi connectivity index (χ3v) is 2.77. The summed E-state index contributed by atoms with van der Waals surface area (Å²) in [5, 5.41) is 3.05.